The van der Waals surface area contributed by atoms with Crippen LogP contribution in [0.5, 0.6) is 0 Å². The van der Waals surface area contributed by atoms with E-state index in [1.54, 1.807) is 24.3 Å². The summed E-state index contributed by atoms with van der Waals surface area (Å²) in [6, 6.07) is 12.6. The molecular formula is C27H24N8O7. The molecule has 4 rings (SSSR count). The Kier molecular flexibility index (Phi) is 9.84. The zero-order valence-electron chi connectivity index (χ0n) is 21.7. The summed E-state index contributed by atoms with van der Waals surface area (Å²) in [4.78, 5) is 60.7. The molecule has 3 aromatic heterocycles. The van der Waals surface area contributed by atoms with Crippen molar-refractivity contribution in [3.8, 4) is 0 Å². The van der Waals surface area contributed by atoms with E-state index in [1.165, 1.54) is 73.6 Å². The van der Waals surface area contributed by atoms with Crippen molar-refractivity contribution in [2.75, 3.05) is 22.6 Å². The van der Waals surface area contributed by atoms with Crippen LogP contribution in [0.2, 0.25) is 0 Å². The first-order chi connectivity index (χ1) is 20.4. The third kappa shape index (κ3) is 8.70. The molecule has 4 N–H and O–H groups in total. The molecule has 214 valence electrons. The lowest BCUT2D eigenvalue weighted by molar-refractivity contribution is -0.384. The predicted octanol–water partition coefficient (Wildman–Crippen LogP) is 4.51. The number of anilines is 3. The van der Waals surface area contributed by atoms with Crippen molar-refractivity contribution in [1.82, 2.24) is 20.3 Å². The first-order valence-electron chi connectivity index (χ1n) is 12.3. The van der Waals surface area contributed by atoms with Gasteiger partial charge in [0.2, 0.25) is 0 Å². The highest BCUT2D eigenvalue weighted by Gasteiger charge is 2.31. The third-order valence-electron chi connectivity index (χ3n) is 5.53. The van der Waals surface area contributed by atoms with E-state index in [1.807, 2.05) is 0 Å². The molecule has 2 atom stereocenters. The highest BCUT2D eigenvalue weighted by Crippen LogP contribution is 2.26. The number of rotatable bonds is 10. The van der Waals surface area contributed by atoms with E-state index >= 15 is 0 Å². The Balaban J connectivity index is 1.59. The normalized spacial score (nSPS) is 11.7. The monoisotopic (exact) mass is 572 g/mol. The van der Waals surface area contributed by atoms with Crippen LogP contribution in [0.4, 0.5) is 37.1 Å². The molecule has 42 heavy (non-hydrogen) atoms. The van der Waals surface area contributed by atoms with E-state index in [2.05, 4.69) is 36.2 Å². The summed E-state index contributed by atoms with van der Waals surface area (Å²) in [6.45, 7) is -0.467. The van der Waals surface area contributed by atoms with Crippen molar-refractivity contribution >= 4 is 41.0 Å². The summed E-state index contributed by atoms with van der Waals surface area (Å²) in [7, 11) is 0. The van der Waals surface area contributed by atoms with Crippen LogP contribution >= 0.6 is 0 Å². The van der Waals surface area contributed by atoms with Gasteiger partial charge in [-0.3, -0.25) is 35.7 Å². The number of carbonyl (C=O) groups excluding carboxylic acids is 3. The van der Waals surface area contributed by atoms with E-state index in [4.69, 9.17) is 9.47 Å². The summed E-state index contributed by atoms with van der Waals surface area (Å²) in [5, 5.41) is 21.6. The second kappa shape index (κ2) is 14.3. The quantitative estimate of drug-likeness (QED) is 0.155. The highest BCUT2D eigenvalue weighted by atomic mass is 16.6. The van der Waals surface area contributed by atoms with E-state index in [0.717, 1.165) is 0 Å². The van der Waals surface area contributed by atoms with Crippen molar-refractivity contribution in [3.05, 3.63) is 114 Å². The minimum Gasteiger partial charge on any atom is -0.447 e. The van der Waals surface area contributed by atoms with Crippen molar-refractivity contribution < 1.29 is 28.8 Å². The summed E-state index contributed by atoms with van der Waals surface area (Å²) >= 11 is 0. The average Bonchev–Trinajstić information content (AvgIpc) is 3.00. The topological polar surface area (TPSA) is 200 Å². The standard InChI is InChI=1S/C27H24N8O7/c36-25(31-19-5-11-28-12-6-19)34-23(17-41-26(37)32-20-7-13-29-14-8-20)24(18-1-3-22(4-2-18)35(39)40)42-27(38)33-21-9-15-30-16-10-21/h1-16,23-24H,17H2,(H,29,32,37)(H,30,33,38)(H2,28,31,34,36). The first kappa shape index (κ1) is 28.9. The van der Waals surface area contributed by atoms with Crippen LogP contribution < -0.4 is 21.3 Å². The molecule has 0 spiro atoms. The third-order valence-corrected chi connectivity index (χ3v) is 5.53. The predicted molar refractivity (Wildman–Crippen MR) is 150 cm³/mol. The number of urea groups is 1. The molecule has 0 fully saturated rings. The minimum atomic E-state index is -1.27. The van der Waals surface area contributed by atoms with Gasteiger partial charge in [-0.25, -0.2) is 14.4 Å². The minimum absolute atomic E-state index is 0.202. The lowest BCUT2D eigenvalue weighted by Gasteiger charge is -2.28. The molecule has 4 aromatic rings. The lowest BCUT2D eigenvalue weighted by atomic mass is 10.0. The number of pyridine rings is 3. The first-order valence-corrected chi connectivity index (χ1v) is 12.3. The number of ether oxygens (including phenoxy) is 2. The van der Waals surface area contributed by atoms with Crippen LogP contribution in [0.25, 0.3) is 0 Å². The molecule has 4 amide bonds. The zero-order chi connectivity index (χ0) is 29.7. The van der Waals surface area contributed by atoms with Crippen molar-refractivity contribution in [2.45, 2.75) is 12.1 Å². The molecule has 15 heteroatoms. The molecule has 0 saturated heterocycles. The Labute approximate surface area is 238 Å². The molecule has 0 bridgehead atoms. The molecule has 0 aliphatic carbocycles. The van der Waals surface area contributed by atoms with Gasteiger partial charge in [-0.1, -0.05) is 0 Å². The zero-order valence-corrected chi connectivity index (χ0v) is 21.7. The molecule has 0 saturated carbocycles. The maximum Gasteiger partial charge on any atom is 0.412 e. The number of nitro groups is 1. The summed E-state index contributed by atoms with van der Waals surface area (Å²) in [5.74, 6) is 0. The maximum atomic E-state index is 13.0. The summed E-state index contributed by atoms with van der Waals surface area (Å²) in [5.41, 5.74) is 1.28. The SMILES string of the molecule is O=C(Nc1ccncc1)NC(COC(=O)Nc1ccncc1)C(OC(=O)Nc1ccncc1)c1ccc([N+](=O)[O-])cc1. The number of carbonyl (C=O) groups is 3. The van der Waals surface area contributed by atoms with Crippen molar-refractivity contribution in [2.24, 2.45) is 0 Å². The van der Waals surface area contributed by atoms with Crippen LogP contribution in [0, 0.1) is 10.1 Å². The number of amides is 4. The van der Waals surface area contributed by atoms with Gasteiger partial charge >= 0.3 is 18.2 Å². The van der Waals surface area contributed by atoms with Gasteiger partial charge in [0.15, 0.2) is 6.10 Å². The Morgan fingerprint density at radius 2 is 1.19 bits per heavy atom. The van der Waals surface area contributed by atoms with E-state index < -0.39 is 41.9 Å². The van der Waals surface area contributed by atoms with Crippen molar-refractivity contribution in [3.63, 3.8) is 0 Å². The number of nitrogens with one attached hydrogen (secondary N) is 4. The smallest absolute Gasteiger partial charge is 0.412 e. The Hall–Kier alpha value is -6.12. The second-order valence-corrected chi connectivity index (χ2v) is 8.44. The van der Waals surface area contributed by atoms with E-state index in [-0.39, 0.29) is 11.3 Å². The van der Waals surface area contributed by atoms with Gasteiger partial charge in [0.25, 0.3) is 5.69 Å². The number of benzene rings is 1. The van der Waals surface area contributed by atoms with Gasteiger partial charge in [-0.15, -0.1) is 0 Å². The van der Waals surface area contributed by atoms with Crippen LogP contribution in [-0.2, 0) is 9.47 Å². The highest BCUT2D eigenvalue weighted by molar-refractivity contribution is 5.89. The van der Waals surface area contributed by atoms with E-state index in [9.17, 15) is 24.5 Å². The number of nitro benzene ring substituents is 1. The molecule has 0 aliphatic heterocycles. The Morgan fingerprint density at radius 3 is 1.69 bits per heavy atom. The molecule has 0 aliphatic rings. The summed E-state index contributed by atoms with van der Waals surface area (Å²) in [6.07, 6.45) is 5.80. The number of non-ortho nitro benzene ring substituents is 1. The van der Waals surface area contributed by atoms with Gasteiger partial charge < -0.3 is 20.1 Å². The Morgan fingerprint density at radius 1 is 0.714 bits per heavy atom. The average molecular weight is 573 g/mol. The van der Waals surface area contributed by atoms with Gasteiger partial charge in [0.1, 0.15) is 12.6 Å². The number of nitrogens with zero attached hydrogens (tertiary/aromatic N) is 4. The molecule has 1 aromatic carbocycles. The molecular weight excluding hydrogens is 548 g/mol. The maximum absolute atomic E-state index is 13.0. The second-order valence-electron chi connectivity index (χ2n) is 8.44. The number of hydrogen-bond donors (Lipinski definition) is 4. The fourth-order valence-corrected chi connectivity index (χ4v) is 3.60. The Bertz CT molecular complexity index is 1490. The van der Waals surface area contributed by atoms with E-state index in [0.29, 0.717) is 17.1 Å². The fraction of sp³-hybridized carbons (Fsp3) is 0.111. The van der Waals surface area contributed by atoms with Gasteiger partial charge in [-0.05, 0) is 54.1 Å². The molecule has 0 radical (unpaired) electrons. The molecule has 3 heterocycles. The molecule has 2 unspecified atom stereocenters. The lowest BCUT2D eigenvalue weighted by Crippen LogP contribution is -2.46. The van der Waals surface area contributed by atoms with Crippen LogP contribution in [0.1, 0.15) is 11.7 Å². The number of aromatic nitrogens is 3. The van der Waals surface area contributed by atoms with Gasteiger partial charge in [-0.2, -0.15) is 0 Å². The fourth-order valence-electron chi connectivity index (χ4n) is 3.60. The molecule has 15 nitrogen and oxygen atoms in total. The van der Waals surface area contributed by atoms with Gasteiger partial charge in [0.05, 0.1) is 4.92 Å². The van der Waals surface area contributed by atoms with Crippen LogP contribution in [0.3, 0.4) is 0 Å². The van der Waals surface area contributed by atoms with Crippen LogP contribution in [-0.4, -0.2) is 50.7 Å². The summed E-state index contributed by atoms with van der Waals surface area (Å²) < 4.78 is 11.1. The van der Waals surface area contributed by atoms with Gasteiger partial charge in [0, 0.05) is 66.4 Å². The van der Waals surface area contributed by atoms with Crippen molar-refractivity contribution in [1.29, 1.82) is 0 Å². The largest absolute Gasteiger partial charge is 0.447 e. The number of hydrogen-bond acceptors (Lipinski definition) is 10. The van der Waals surface area contributed by atoms with Crippen LogP contribution in [0.15, 0.2) is 97.8 Å².